The molecule has 176 valence electrons. The van der Waals surface area contributed by atoms with Gasteiger partial charge in [0, 0.05) is 25.8 Å². The van der Waals surface area contributed by atoms with Crippen molar-refractivity contribution >= 4 is 29.1 Å². The van der Waals surface area contributed by atoms with Crippen molar-refractivity contribution in [1.82, 2.24) is 4.90 Å². The van der Waals surface area contributed by atoms with E-state index in [4.69, 9.17) is 30.5 Å². The number of ether oxygens (including phenoxy) is 4. The van der Waals surface area contributed by atoms with E-state index in [1.54, 1.807) is 37.4 Å². The van der Waals surface area contributed by atoms with Crippen LogP contribution in [0, 0.1) is 0 Å². The van der Waals surface area contributed by atoms with Crippen LogP contribution < -0.4 is 14.2 Å². The van der Waals surface area contributed by atoms with Gasteiger partial charge in [-0.3, -0.25) is 9.59 Å². The van der Waals surface area contributed by atoms with Gasteiger partial charge in [-0.25, -0.2) is 0 Å². The van der Waals surface area contributed by atoms with Crippen LogP contribution in [0.15, 0.2) is 42.0 Å². The molecule has 2 aromatic rings. The fourth-order valence-electron chi connectivity index (χ4n) is 3.83. The second-order valence-electron chi connectivity index (χ2n) is 7.30. The number of aliphatic hydroxyl groups is 1. The zero-order valence-electron chi connectivity index (χ0n) is 18.9. The minimum Gasteiger partial charge on any atom is -0.507 e. The van der Waals surface area contributed by atoms with Crippen LogP contribution in [-0.2, 0) is 14.3 Å². The van der Waals surface area contributed by atoms with Crippen LogP contribution >= 0.6 is 11.6 Å². The number of hydrogen-bond donors (Lipinski definition) is 1. The minimum atomic E-state index is -0.831. The van der Waals surface area contributed by atoms with Crippen molar-refractivity contribution in [3.8, 4) is 17.2 Å². The normalized spacial score (nSPS) is 17.4. The van der Waals surface area contributed by atoms with Crippen LogP contribution in [0.1, 0.15) is 23.6 Å². The van der Waals surface area contributed by atoms with Crippen LogP contribution in [0.2, 0.25) is 5.02 Å². The molecule has 33 heavy (non-hydrogen) atoms. The van der Waals surface area contributed by atoms with E-state index in [1.165, 1.54) is 32.3 Å². The average Bonchev–Trinajstić information content (AvgIpc) is 3.08. The molecule has 0 spiro atoms. The topological polar surface area (TPSA) is 94.5 Å². The van der Waals surface area contributed by atoms with Crippen molar-refractivity contribution in [3.63, 3.8) is 0 Å². The number of nitrogens with zero attached hydrogens (tertiary/aromatic N) is 1. The molecule has 1 saturated heterocycles. The fraction of sp³-hybridized carbons (Fsp3) is 0.333. The number of ketones is 1. The average molecular weight is 476 g/mol. The summed E-state index contributed by atoms with van der Waals surface area (Å²) < 4.78 is 21.0. The number of amides is 1. The smallest absolute Gasteiger partial charge is 0.295 e. The molecule has 0 aliphatic carbocycles. The molecule has 1 unspecified atom stereocenters. The first-order valence-corrected chi connectivity index (χ1v) is 10.6. The van der Waals surface area contributed by atoms with Crippen molar-refractivity contribution in [1.29, 1.82) is 0 Å². The molecule has 0 aromatic heterocycles. The predicted octanol–water partition coefficient (Wildman–Crippen LogP) is 3.82. The van der Waals surface area contributed by atoms with E-state index >= 15 is 0 Å². The Morgan fingerprint density at radius 3 is 2.24 bits per heavy atom. The van der Waals surface area contributed by atoms with E-state index in [0.717, 1.165) is 0 Å². The Hall–Kier alpha value is -3.23. The summed E-state index contributed by atoms with van der Waals surface area (Å²) in [6, 6.07) is 8.92. The van der Waals surface area contributed by atoms with E-state index in [-0.39, 0.29) is 22.9 Å². The van der Waals surface area contributed by atoms with Crippen LogP contribution in [0.25, 0.3) is 5.76 Å². The summed E-state index contributed by atoms with van der Waals surface area (Å²) in [7, 11) is 6.05. The fourth-order valence-corrected chi connectivity index (χ4v) is 4.09. The Bertz CT molecular complexity index is 1080. The number of rotatable bonds is 9. The zero-order valence-corrected chi connectivity index (χ0v) is 19.6. The molecule has 8 nitrogen and oxygen atoms in total. The highest BCUT2D eigenvalue weighted by Gasteiger charge is 2.46. The zero-order chi connectivity index (χ0) is 24.1. The van der Waals surface area contributed by atoms with Gasteiger partial charge in [-0.1, -0.05) is 17.7 Å². The van der Waals surface area contributed by atoms with Crippen LogP contribution in [0.3, 0.4) is 0 Å². The first-order chi connectivity index (χ1) is 15.9. The summed E-state index contributed by atoms with van der Waals surface area (Å²) in [6.45, 7) is 0.674. The maximum absolute atomic E-state index is 13.1. The van der Waals surface area contributed by atoms with Gasteiger partial charge >= 0.3 is 0 Å². The Morgan fingerprint density at radius 1 is 0.970 bits per heavy atom. The molecular formula is C24H26ClNO7. The molecule has 1 fully saturated rings. The van der Waals surface area contributed by atoms with E-state index in [1.807, 2.05) is 0 Å². The van der Waals surface area contributed by atoms with Crippen molar-refractivity contribution < 1.29 is 33.6 Å². The van der Waals surface area contributed by atoms with Gasteiger partial charge in [-0.2, -0.15) is 0 Å². The first kappa shape index (κ1) is 24.4. The molecule has 1 heterocycles. The molecule has 1 aliphatic rings. The maximum Gasteiger partial charge on any atom is 0.295 e. The summed E-state index contributed by atoms with van der Waals surface area (Å²) in [5.41, 5.74) is 0.845. The highest BCUT2D eigenvalue weighted by atomic mass is 35.5. The number of likely N-dealkylation sites (tertiary alicyclic amines) is 1. The maximum atomic E-state index is 13.1. The Labute approximate surface area is 197 Å². The predicted molar refractivity (Wildman–Crippen MR) is 123 cm³/mol. The van der Waals surface area contributed by atoms with Crippen LogP contribution in [0.5, 0.6) is 17.2 Å². The Morgan fingerprint density at radius 2 is 1.64 bits per heavy atom. The van der Waals surface area contributed by atoms with Crippen molar-refractivity contribution in [2.24, 2.45) is 0 Å². The van der Waals surface area contributed by atoms with E-state index in [0.29, 0.717) is 41.4 Å². The van der Waals surface area contributed by atoms with Crippen molar-refractivity contribution in [2.45, 2.75) is 12.5 Å². The van der Waals surface area contributed by atoms with Crippen LogP contribution in [-0.4, -0.2) is 63.3 Å². The lowest BCUT2D eigenvalue weighted by Gasteiger charge is -2.26. The third kappa shape index (κ3) is 4.77. The standard InChI is InChI=1S/C24H26ClNO7/c1-30-11-5-10-26-21(14-6-9-18(32-3)19(13-14)33-4)20(23(28)24(26)29)22(27)15-7-8-17(31-2)16(25)12-15/h6-9,12-13,21,27H,5,10-11H2,1-4H3/b22-20-. The summed E-state index contributed by atoms with van der Waals surface area (Å²) in [4.78, 5) is 27.5. The van der Waals surface area contributed by atoms with Gasteiger partial charge in [-0.05, 0) is 42.3 Å². The Balaban J connectivity index is 2.17. The van der Waals surface area contributed by atoms with Gasteiger partial charge in [0.2, 0.25) is 0 Å². The molecular weight excluding hydrogens is 450 g/mol. The molecule has 2 aromatic carbocycles. The van der Waals surface area contributed by atoms with Gasteiger partial charge in [0.1, 0.15) is 11.5 Å². The number of Topliss-reactive ketones (excluding diaryl/α,β-unsaturated/α-hetero) is 1. The summed E-state index contributed by atoms with van der Waals surface area (Å²) in [5.74, 6) is -0.454. The second kappa shape index (κ2) is 10.6. The number of halogens is 1. The number of benzene rings is 2. The molecule has 3 rings (SSSR count). The van der Waals surface area contributed by atoms with Crippen molar-refractivity contribution in [2.75, 3.05) is 41.6 Å². The molecule has 0 radical (unpaired) electrons. The molecule has 1 atom stereocenters. The van der Waals surface area contributed by atoms with Gasteiger partial charge < -0.3 is 29.0 Å². The van der Waals surface area contributed by atoms with Crippen LogP contribution in [0.4, 0.5) is 0 Å². The molecule has 1 aliphatic heterocycles. The SMILES string of the molecule is COCCCN1C(=O)C(=O)/C(=C(\O)c2ccc(OC)c(Cl)c2)C1c1ccc(OC)c(OC)c1. The molecule has 1 amide bonds. The highest BCUT2D eigenvalue weighted by molar-refractivity contribution is 6.46. The summed E-state index contributed by atoms with van der Waals surface area (Å²) in [6.07, 6.45) is 0.516. The van der Waals surface area contributed by atoms with E-state index in [2.05, 4.69) is 0 Å². The van der Waals surface area contributed by atoms with Gasteiger partial charge in [0.05, 0.1) is 38.0 Å². The van der Waals surface area contributed by atoms with Gasteiger partial charge in [0.25, 0.3) is 11.7 Å². The number of carbonyl (C=O) groups excluding carboxylic acids is 2. The van der Waals surface area contributed by atoms with E-state index in [9.17, 15) is 14.7 Å². The lowest BCUT2D eigenvalue weighted by Crippen LogP contribution is -2.31. The summed E-state index contributed by atoms with van der Waals surface area (Å²) >= 11 is 6.22. The Kier molecular flexibility index (Phi) is 7.84. The molecule has 9 heteroatoms. The lowest BCUT2D eigenvalue weighted by atomic mass is 9.95. The lowest BCUT2D eigenvalue weighted by molar-refractivity contribution is -0.140. The number of carbonyl (C=O) groups is 2. The molecule has 0 saturated carbocycles. The highest BCUT2D eigenvalue weighted by Crippen LogP contribution is 2.42. The second-order valence-corrected chi connectivity index (χ2v) is 7.71. The number of hydrogen-bond acceptors (Lipinski definition) is 7. The third-order valence-electron chi connectivity index (χ3n) is 5.44. The number of aliphatic hydroxyl groups excluding tert-OH is 1. The van der Waals surface area contributed by atoms with E-state index < -0.39 is 17.7 Å². The third-order valence-corrected chi connectivity index (χ3v) is 5.73. The van der Waals surface area contributed by atoms with Crippen molar-refractivity contribution in [3.05, 3.63) is 58.1 Å². The molecule has 1 N–H and O–H groups in total. The quantitative estimate of drug-likeness (QED) is 0.255. The monoisotopic (exact) mass is 475 g/mol. The summed E-state index contributed by atoms with van der Waals surface area (Å²) in [5, 5.41) is 11.4. The van der Waals surface area contributed by atoms with Gasteiger partial charge in [-0.15, -0.1) is 0 Å². The minimum absolute atomic E-state index is 0.0362. The largest absolute Gasteiger partial charge is 0.507 e. The van der Waals surface area contributed by atoms with Gasteiger partial charge in [0.15, 0.2) is 11.5 Å². The first-order valence-electron chi connectivity index (χ1n) is 10.2. The molecule has 0 bridgehead atoms. The number of methoxy groups -OCH3 is 4.